The second kappa shape index (κ2) is 11.3. The Labute approximate surface area is 213 Å². The number of aliphatic hydroxyl groups excluding tert-OH is 1. The van der Waals surface area contributed by atoms with E-state index in [4.69, 9.17) is 16.4 Å². The van der Waals surface area contributed by atoms with E-state index >= 15 is 0 Å². The summed E-state index contributed by atoms with van der Waals surface area (Å²) in [6.45, 7) is 3.33. The molecular weight excluding hydrogens is 489 g/mol. The molecule has 1 aliphatic heterocycles. The number of hydrogen-bond donors (Lipinski definition) is 3. The summed E-state index contributed by atoms with van der Waals surface area (Å²) in [6, 6.07) is 5.92. The maximum atomic E-state index is 13.4. The number of nitrogens with one attached hydrogen (secondary N) is 2. The molecule has 0 unspecified atom stereocenters. The lowest BCUT2D eigenvalue weighted by Gasteiger charge is -2.31. The van der Waals surface area contributed by atoms with Crippen LogP contribution in [0.3, 0.4) is 0 Å². The van der Waals surface area contributed by atoms with Crippen molar-refractivity contribution in [3.05, 3.63) is 57.9 Å². The van der Waals surface area contributed by atoms with Crippen LogP contribution < -0.4 is 10.6 Å². The molecule has 9 nitrogen and oxygen atoms in total. The molecule has 3 N–H and O–H groups in total. The van der Waals surface area contributed by atoms with Gasteiger partial charge in [-0.1, -0.05) is 22.8 Å². The van der Waals surface area contributed by atoms with Crippen molar-refractivity contribution in [2.45, 2.75) is 70.7 Å². The summed E-state index contributed by atoms with van der Waals surface area (Å²) < 4.78 is 13.4. The third-order valence-electron chi connectivity index (χ3n) is 6.52. The maximum Gasteiger partial charge on any atom is 0.270 e. The first-order valence-corrected chi connectivity index (χ1v) is 12.4. The van der Waals surface area contributed by atoms with Gasteiger partial charge in [-0.05, 0) is 69.2 Å². The zero-order valence-corrected chi connectivity index (χ0v) is 20.9. The Morgan fingerprint density at radius 1 is 1.22 bits per heavy atom. The van der Waals surface area contributed by atoms with Gasteiger partial charge in [0.05, 0.1) is 10.7 Å². The lowest BCUT2D eigenvalue weighted by Crippen LogP contribution is -2.43. The Morgan fingerprint density at radius 2 is 1.97 bits per heavy atom. The molecule has 2 atom stereocenters. The zero-order chi connectivity index (χ0) is 25.8. The number of oxime groups is 1. The van der Waals surface area contributed by atoms with Crippen LogP contribution in [0.1, 0.15) is 66.6 Å². The minimum atomic E-state index is -1.01. The van der Waals surface area contributed by atoms with Crippen molar-refractivity contribution in [1.29, 1.82) is 0 Å². The highest BCUT2D eigenvalue weighted by Crippen LogP contribution is 2.33. The maximum absolute atomic E-state index is 13.4. The van der Waals surface area contributed by atoms with E-state index in [0.717, 1.165) is 25.7 Å². The van der Waals surface area contributed by atoms with E-state index < -0.39 is 17.8 Å². The number of nitrogens with zero attached hydrogens (tertiary/aromatic N) is 3. The predicted octanol–water partition coefficient (Wildman–Crippen LogP) is 3.06. The van der Waals surface area contributed by atoms with E-state index in [9.17, 15) is 19.1 Å². The van der Waals surface area contributed by atoms with Crippen molar-refractivity contribution in [3.63, 3.8) is 0 Å². The zero-order valence-electron chi connectivity index (χ0n) is 20.1. The molecule has 2 heterocycles. The summed E-state index contributed by atoms with van der Waals surface area (Å²) in [5, 5.41) is 19.3. The first-order chi connectivity index (χ1) is 17.2. The average Bonchev–Trinajstić information content (AvgIpc) is 3.35. The molecule has 0 radical (unpaired) electrons. The van der Waals surface area contributed by atoms with Crippen LogP contribution in [0, 0.1) is 18.7 Å². The SMILES string of the molecule is Cc1nc(C(=O)NCc2ccc(F)c(Cl)c2)cc(C2=NO[C@@H]([C@H]3CC[C@H](NC(=O)[C@H](C)O)CC3)C2)n1. The van der Waals surface area contributed by atoms with E-state index in [0.29, 0.717) is 35.1 Å². The fourth-order valence-electron chi connectivity index (χ4n) is 4.51. The van der Waals surface area contributed by atoms with Gasteiger partial charge in [0.25, 0.3) is 5.91 Å². The number of aliphatic hydroxyl groups is 1. The monoisotopic (exact) mass is 517 g/mol. The Morgan fingerprint density at radius 3 is 2.67 bits per heavy atom. The molecular formula is C25H29ClFN5O4. The van der Waals surface area contributed by atoms with E-state index in [1.807, 2.05) is 0 Å². The van der Waals surface area contributed by atoms with Crippen molar-refractivity contribution in [2.75, 3.05) is 0 Å². The smallest absolute Gasteiger partial charge is 0.270 e. The summed E-state index contributed by atoms with van der Waals surface area (Å²) in [5.74, 6) is -0.531. The molecule has 11 heteroatoms. The number of aryl methyl sites for hydroxylation is 1. The first-order valence-electron chi connectivity index (χ1n) is 12.0. The molecule has 1 saturated carbocycles. The molecule has 0 saturated heterocycles. The van der Waals surface area contributed by atoms with E-state index in [-0.39, 0.29) is 35.3 Å². The van der Waals surface area contributed by atoms with Gasteiger partial charge in [-0.15, -0.1) is 0 Å². The van der Waals surface area contributed by atoms with Crippen LogP contribution in [0.15, 0.2) is 29.4 Å². The number of carbonyl (C=O) groups is 2. The molecule has 1 aromatic carbocycles. The van der Waals surface area contributed by atoms with Crippen LogP contribution in [0.4, 0.5) is 4.39 Å². The molecule has 0 bridgehead atoms. The van der Waals surface area contributed by atoms with E-state index in [1.165, 1.54) is 19.1 Å². The molecule has 4 rings (SSSR count). The number of aromatic nitrogens is 2. The molecule has 2 amide bonds. The van der Waals surface area contributed by atoms with E-state index in [1.54, 1.807) is 19.1 Å². The van der Waals surface area contributed by atoms with Crippen molar-refractivity contribution in [3.8, 4) is 0 Å². The molecule has 1 fully saturated rings. The summed E-state index contributed by atoms with van der Waals surface area (Å²) in [7, 11) is 0. The van der Waals surface area contributed by atoms with Gasteiger partial charge in [-0.2, -0.15) is 0 Å². The van der Waals surface area contributed by atoms with Crippen molar-refractivity contribution < 1.29 is 23.9 Å². The van der Waals surface area contributed by atoms with Gasteiger partial charge in [0, 0.05) is 19.0 Å². The second-order valence-corrected chi connectivity index (χ2v) is 9.71. The largest absolute Gasteiger partial charge is 0.391 e. The van der Waals surface area contributed by atoms with E-state index in [2.05, 4.69) is 25.8 Å². The van der Waals surface area contributed by atoms with Crippen LogP contribution in [0.25, 0.3) is 0 Å². The van der Waals surface area contributed by atoms with Gasteiger partial charge in [0.2, 0.25) is 5.91 Å². The third kappa shape index (κ3) is 6.36. The fourth-order valence-corrected chi connectivity index (χ4v) is 4.72. The molecule has 192 valence electrons. The van der Waals surface area contributed by atoms with Crippen LogP contribution in [0.5, 0.6) is 0 Å². The molecule has 1 aliphatic carbocycles. The molecule has 36 heavy (non-hydrogen) atoms. The minimum absolute atomic E-state index is 0.00582. The first kappa shape index (κ1) is 26.0. The number of amides is 2. The van der Waals surface area contributed by atoms with Crippen LogP contribution in [-0.4, -0.2) is 50.9 Å². The Balaban J connectivity index is 1.33. The summed E-state index contributed by atoms with van der Waals surface area (Å²) >= 11 is 5.81. The molecule has 2 aliphatic rings. The second-order valence-electron chi connectivity index (χ2n) is 9.30. The van der Waals surface area contributed by atoms with Gasteiger partial charge in [-0.25, -0.2) is 14.4 Å². The Hall–Kier alpha value is -3.11. The highest BCUT2D eigenvalue weighted by atomic mass is 35.5. The van der Waals surface area contributed by atoms with Gasteiger partial charge in [0.15, 0.2) is 0 Å². The van der Waals surface area contributed by atoms with Crippen molar-refractivity contribution in [2.24, 2.45) is 11.1 Å². The average molecular weight is 518 g/mol. The van der Waals surface area contributed by atoms with Gasteiger partial charge < -0.3 is 20.6 Å². The summed E-state index contributed by atoms with van der Waals surface area (Å²) in [5.41, 5.74) is 2.07. The van der Waals surface area contributed by atoms with Crippen LogP contribution >= 0.6 is 11.6 Å². The van der Waals surface area contributed by atoms with Crippen molar-refractivity contribution in [1.82, 2.24) is 20.6 Å². The number of halogens is 2. The summed E-state index contributed by atoms with van der Waals surface area (Å²) in [4.78, 5) is 38.9. The lowest BCUT2D eigenvalue weighted by molar-refractivity contribution is -0.129. The number of hydrogen-bond acceptors (Lipinski definition) is 7. The minimum Gasteiger partial charge on any atom is -0.391 e. The van der Waals surface area contributed by atoms with Crippen LogP contribution in [0.2, 0.25) is 5.02 Å². The number of carbonyl (C=O) groups excluding carboxylic acids is 2. The highest BCUT2D eigenvalue weighted by Gasteiger charge is 2.34. The lowest BCUT2D eigenvalue weighted by atomic mass is 9.81. The third-order valence-corrected chi connectivity index (χ3v) is 6.81. The van der Waals surface area contributed by atoms with Crippen LogP contribution in [-0.2, 0) is 16.2 Å². The molecule has 1 aromatic heterocycles. The number of rotatable bonds is 7. The van der Waals surface area contributed by atoms with Gasteiger partial charge in [0.1, 0.15) is 35.3 Å². The Kier molecular flexibility index (Phi) is 8.15. The molecule has 2 aromatic rings. The van der Waals surface area contributed by atoms with Crippen molar-refractivity contribution >= 4 is 29.1 Å². The topological polar surface area (TPSA) is 126 Å². The normalized spacial score (nSPS) is 22.4. The standard InChI is InChI=1S/C25H29ClFN5O4/c1-13(33)24(34)31-17-6-4-16(5-7-17)23-11-21(32-36-23)20-10-22(30-14(2)29-20)25(35)28-12-15-3-8-19(27)18(26)9-15/h3,8-10,13,16-17,23,33H,4-7,11-12H2,1-2H3,(H,28,35)(H,31,34)/t13-,16-,17-,23+/m0/s1. The molecule has 0 spiro atoms. The fraction of sp³-hybridized carbons (Fsp3) is 0.480. The highest BCUT2D eigenvalue weighted by molar-refractivity contribution is 6.30. The summed E-state index contributed by atoms with van der Waals surface area (Å²) in [6.07, 6.45) is 2.85. The quantitative estimate of drug-likeness (QED) is 0.518. The Bertz CT molecular complexity index is 1170. The van der Waals surface area contributed by atoms with Gasteiger partial charge in [-0.3, -0.25) is 9.59 Å². The van der Waals surface area contributed by atoms with Gasteiger partial charge >= 0.3 is 0 Å². The predicted molar refractivity (Wildman–Crippen MR) is 131 cm³/mol. The number of benzene rings is 1.